The van der Waals surface area contributed by atoms with E-state index in [1.54, 1.807) is 36.3 Å². The van der Waals surface area contributed by atoms with Crippen LogP contribution in [0.5, 0.6) is 11.5 Å². The predicted octanol–water partition coefficient (Wildman–Crippen LogP) is 4.27. The first-order chi connectivity index (χ1) is 17.1. The van der Waals surface area contributed by atoms with Gasteiger partial charge in [-0.15, -0.1) is 6.58 Å². The van der Waals surface area contributed by atoms with Crippen molar-refractivity contribution in [2.45, 2.75) is 19.5 Å². The van der Waals surface area contributed by atoms with Crippen LogP contribution in [0.4, 0.5) is 0 Å². The average Bonchev–Trinajstić information content (AvgIpc) is 2.88. The smallest absolute Gasteiger partial charge is 0.261 e. The van der Waals surface area contributed by atoms with Gasteiger partial charge in [0.15, 0.2) is 18.1 Å². The lowest BCUT2D eigenvalue weighted by molar-refractivity contribution is -0.134. The molecule has 0 aliphatic rings. The van der Waals surface area contributed by atoms with Gasteiger partial charge in [0, 0.05) is 6.54 Å². The average molecular weight is 470 g/mol. The molecule has 7 heteroatoms. The van der Waals surface area contributed by atoms with E-state index in [4.69, 9.17) is 9.47 Å². The number of para-hydroxylation sites is 1. The Morgan fingerprint density at radius 1 is 1.00 bits per heavy atom. The number of hydrogen-bond acceptors (Lipinski definition) is 5. The summed E-state index contributed by atoms with van der Waals surface area (Å²) in [6.45, 7) is 4.04. The number of nitrogens with one attached hydrogen (secondary N) is 1. The Hall–Kier alpha value is -4.39. The summed E-state index contributed by atoms with van der Waals surface area (Å²) >= 11 is 0. The minimum absolute atomic E-state index is 0.132. The normalized spacial score (nSPS) is 10.7. The summed E-state index contributed by atoms with van der Waals surface area (Å²) in [5.41, 5.74) is 2.33. The van der Waals surface area contributed by atoms with Crippen LogP contribution < -0.4 is 15.0 Å². The molecule has 0 aliphatic carbocycles. The van der Waals surface area contributed by atoms with Crippen LogP contribution in [-0.4, -0.2) is 34.5 Å². The van der Waals surface area contributed by atoms with Crippen molar-refractivity contribution in [1.29, 1.82) is 0 Å². The maximum Gasteiger partial charge on any atom is 0.261 e. The number of carbonyl (C=O) groups excluding carboxylic acids is 1. The lowest BCUT2D eigenvalue weighted by Crippen LogP contribution is -2.35. The Morgan fingerprint density at radius 2 is 1.77 bits per heavy atom. The zero-order valence-electron chi connectivity index (χ0n) is 19.6. The van der Waals surface area contributed by atoms with Gasteiger partial charge >= 0.3 is 0 Å². The highest BCUT2D eigenvalue weighted by Crippen LogP contribution is 2.28. The summed E-state index contributed by atoms with van der Waals surface area (Å²) in [4.78, 5) is 34.8. The number of nitrogens with zero attached hydrogens (tertiary/aromatic N) is 2. The number of carbonyl (C=O) groups is 1. The van der Waals surface area contributed by atoms with Gasteiger partial charge in [-0.3, -0.25) is 9.59 Å². The molecular formula is C28H27N3O4. The van der Waals surface area contributed by atoms with Gasteiger partial charge in [-0.25, -0.2) is 4.98 Å². The van der Waals surface area contributed by atoms with Gasteiger partial charge in [-0.2, -0.15) is 0 Å². The van der Waals surface area contributed by atoms with Gasteiger partial charge in [0.1, 0.15) is 5.82 Å². The number of hydrogen-bond donors (Lipinski definition) is 1. The van der Waals surface area contributed by atoms with Crippen molar-refractivity contribution in [2.75, 3.05) is 13.7 Å². The molecule has 3 aromatic carbocycles. The van der Waals surface area contributed by atoms with E-state index >= 15 is 0 Å². The molecule has 4 aromatic rings. The number of H-pyrrole nitrogens is 1. The molecule has 0 fully saturated rings. The Kier molecular flexibility index (Phi) is 7.57. The molecule has 1 heterocycles. The molecule has 1 N–H and O–H groups in total. The van der Waals surface area contributed by atoms with Gasteiger partial charge in [0.25, 0.3) is 11.5 Å². The van der Waals surface area contributed by atoms with E-state index in [-0.39, 0.29) is 24.6 Å². The molecule has 7 nitrogen and oxygen atoms in total. The van der Waals surface area contributed by atoms with Crippen molar-refractivity contribution < 1.29 is 14.3 Å². The second kappa shape index (κ2) is 11.2. The molecule has 35 heavy (non-hydrogen) atoms. The van der Waals surface area contributed by atoms with Gasteiger partial charge in [-0.1, -0.05) is 54.6 Å². The van der Waals surface area contributed by atoms with E-state index < -0.39 is 0 Å². The Labute approximate surface area is 203 Å². The van der Waals surface area contributed by atoms with E-state index in [9.17, 15) is 9.59 Å². The molecule has 4 rings (SSSR count). The van der Waals surface area contributed by atoms with E-state index in [0.29, 0.717) is 41.2 Å². The lowest BCUT2D eigenvalue weighted by atomic mass is 10.1. The topological polar surface area (TPSA) is 84.5 Å². The minimum atomic E-state index is -0.248. The standard InChI is InChI=1S/C28H27N3O4/c1-3-9-20-14-15-24(25(16-20)34-2)35-19-27(32)31(17-21-10-5-4-6-11-21)18-26-29-23-13-8-7-12-22(23)28(33)30-26/h3-8,10-16H,1,9,17-19H2,2H3,(H,29,30,33). The summed E-state index contributed by atoms with van der Waals surface area (Å²) in [6, 6.07) is 22.3. The number of rotatable bonds is 10. The number of benzene rings is 3. The van der Waals surface area contributed by atoms with Crippen molar-refractivity contribution in [2.24, 2.45) is 0 Å². The largest absolute Gasteiger partial charge is 0.493 e. The van der Waals surface area contributed by atoms with Crippen LogP contribution in [0.15, 0.2) is 90.2 Å². The maximum atomic E-state index is 13.3. The van der Waals surface area contributed by atoms with Crippen LogP contribution in [-0.2, 0) is 24.3 Å². The molecule has 0 bridgehead atoms. The highest BCUT2D eigenvalue weighted by molar-refractivity contribution is 5.78. The van der Waals surface area contributed by atoms with Crippen LogP contribution in [0, 0.1) is 0 Å². The van der Waals surface area contributed by atoms with Crippen molar-refractivity contribution in [1.82, 2.24) is 14.9 Å². The molecule has 1 aromatic heterocycles. The number of methoxy groups -OCH3 is 1. The number of ether oxygens (including phenoxy) is 2. The summed E-state index contributed by atoms with van der Waals surface area (Å²) < 4.78 is 11.3. The van der Waals surface area contributed by atoms with Gasteiger partial charge in [0.05, 0.1) is 24.6 Å². The minimum Gasteiger partial charge on any atom is -0.493 e. The highest BCUT2D eigenvalue weighted by atomic mass is 16.5. The fourth-order valence-corrected chi connectivity index (χ4v) is 3.78. The van der Waals surface area contributed by atoms with Crippen LogP contribution in [0.3, 0.4) is 0 Å². The summed E-state index contributed by atoms with van der Waals surface area (Å²) in [5, 5.41) is 0.507. The second-order valence-corrected chi connectivity index (χ2v) is 8.03. The monoisotopic (exact) mass is 469 g/mol. The molecule has 0 aliphatic heterocycles. The molecule has 0 spiro atoms. The third-order valence-electron chi connectivity index (χ3n) is 5.53. The molecule has 0 atom stereocenters. The van der Waals surface area contributed by atoms with Crippen molar-refractivity contribution in [3.8, 4) is 11.5 Å². The number of aromatic amines is 1. The van der Waals surface area contributed by atoms with E-state index in [1.165, 1.54) is 0 Å². The number of amides is 1. The Bertz CT molecular complexity index is 1380. The summed E-state index contributed by atoms with van der Waals surface area (Å²) in [7, 11) is 1.56. The Balaban J connectivity index is 1.55. The molecular weight excluding hydrogens is 442 g/mol. The van der Waals surface area contributed by atoms with Gasteiger partial charge in [0.2, 0.25) is 0 Å². The second-order valence-electron chi connectivity index (χ2n) is 8.03. The molecule has 0 saturated heterocycles. The fourth-order valence-electron chi connectivity index (χ4n) is 3.78. The van der Waals surface area contributed by atoms with Gasteiger partial charge < -0.3 is 19.4 Å². The van der Waals surface area contributed by atoms with E-state index in [2.05, 4.69) is 16.5 Å². The SMILES string of the molecule is C=CCc1ccc(OCC(=O)N(Cc2ccccc2)Cc2nc3ccccc3c(=O)[nH]2)c(OC)c1. The quantitative estimate of drug-likeness (QED) is 0.351. The van der Waals surface area contributed by atoms with Crippen LogP contribution >= 0.6 is 0 Å². The highest BCUT2D eigenvalue weighted by Gasteiger charge is 2.18. The fraction of sp³-hybridized carbons (Fsp3) is 0.179. The van der Waals surface area contributed by atoms with E-state index in [1.807, 2.05) is 54.6 Å². The first kappa shape index (κ1) is 23.8. The molecule has 1 amide bonds. The zero-order chi connectivity index (χ0) is 24.6. The third kappa shape index (κ3) is 5.95. The van der Waals surface area contributed by atoms with Crippen molar-refractivity contribution in [3.05, 3.63) is 113 Å². The summed E-state index contributed by atoms with van der Waals surface area (Å²) in [6.07, 6.45) is 2.52. The predicted molar refractivity (Wildman–Crippen MR) is 135 cm³/mol. The molecule has 178 valence electrons. The molecule has 0 saturated carbocycles. The van der Waals surface area contributed by atoms with Crippen molar-refractivity contribution in [3.63, 3.8) is 0 Å². The van der Waals surface area contributed by atoms with Crippen LogP contribution in [0.1, 0.15) is 17.0 Å². The Morgan fingerprint density at radius 3 is 2.54 bits per heavy atom. The number of aromatic nitrogens is 2. The van der Waals surface area contributed by atoms with Gasteiger partial charge in [-0.05, 0) is 41.8 Å². The zero-order valence-corrected chi connectivity index (χ0v) is 19.6. The number of allylic oxidation sites excluding steroid dienone is 1. The third-order valence-corrected chi connectivity index (χ3v) is 5.53. The van der Waals surface area contributed by atoms with Crippen LogP contribution in [0.2, 0.25) is 0 Å². The first-order valence-electron chi connectivity index (χ1n) is 11.3. The first-order valence-corrected chi connectivity index (χ1v) is 11.3. The lowest BCUT2D eigenvalue weighted by Gasteiger charge is -2.23. The summed E-state index contributed by atoms with van der Waals surface area (Å²) in [5.74, 6) is 1.18. The van der Waals surface area contributed by atoms with Crippen molar-refractivity contribution >= 4 is 16.8 Å². The van der Waals surface area contributed by atoms with Crippen LogP contribution in [0.25, 0.3) is 10.9 Å². The molecule has 0 radical (unpaired) electrons. The van der Waals surface area contributed by atoms with E-state index in [0.717, 1.165) is 11.1 Å². The molecule has 0 unspecified atom stereocenters. The number of fused-ring (bicyclic) bond motifs is 1. The maximum absolute atomic E-state index is 13.3.